The van der Waals surface area contributed by atoms with E-state index in [1.54, 1.807) is 13.8 Å². The maximum Gasteiger partial charge on any atom is 0.236 e. The summed E-state index contributed by atoms with van der Waals surface area (Å²) in [4.78, 5) is 7.05. The Balaban J connectivity index is 2.45. The van der Waals surface area contributed by atoms with Gasteiger partial charge in [0.1, 0.15) is 0 Å². The molecule has 0 unspecified atom stereocenters. The Morgan fingerprint density at radius 3 is 2.31 bits per heavy atom. The van der Waals surface area contributed by atoms with E-state index in [1.165, 1.54) is 0 Å². The SMILES string of the molecule is CC(C)ONS(=O)(=O)C1CCCC1. The first-order chi connectivity index (χ1) is 6.02. The predicted octanol–water partition coefficient (Wildman–Crippen LogP) is 1.19. The predicted molar refractivity (Wildman–Crippen MR) is 50.5 cm³/mol. The lowest BCUT2D eigenvalue weighted by Crippen LogP contribution is -2.34. The second-order valence-electron chi connectivity index (χ2n) is 3.70. The van der Waals surface area contributed by atoms with Gasteiger partial charge < -0.3 is 0 Å². The summed E-state index contributed by atoms with van der Waals surface area (Å²) in [6.07, 6.45) is 3.42. The molecule has 0 heterocycles. The van der Waals surface area contributed by atoms with Gasteiger partial charge in [-0.2, -0.15) is 0 Å². The van der Waals surface area contributed by atoms with E-state index < -0.39 is 10.0 Å². The summed E-state index contributed by atoms with van der Waals surface area (Å²) in [6.45, 7) is 3.58. The molecule has 13 heavy (non-hydrogen) atoms. The Kier molecular flexibility index (Phi) is 3.70. The van der Waals surface area contributed by atoms with Gasteiger partial charge in [0.05, 0.1) is 11.4 Å². The lowest BCUT2D eigenvalue weighted by Gasteiger charge is -2.13. The Labute approximate surface area is 79.7 Å². The normalized spacial score (nSPS) is 19.9. The van der Waals surface area contributed by atoms with Crippen LogP contribution < -0.4 is 4.89 Å². The molecule has 78 valence electrons. The van der Waals surface area contributed by atoms with Crippen LogP contribution in [0.15, 0.2) is 0 Å². The number of hydrogen-bond acceptors (Lipinski definition) is 3. The highest BCUT2D eigenvalue weighted by Gasteiger charge is 2.28. The zero-order valence-corrected chi connectivity index (χ0v) is 8.93. The van der Waals surface area contributed by atoms with E-state index in [4.69, 9.17) is 4.84 Å². The van der Waals surface area contributed by atoms with Crippen LogP contribution in [0.4, 0.5) is 0 Å². The molecule has 0 aromatic carbocycles. The van der Waals surface area contributed by atoms with E-state index in [0.29, 0.717) is 0 Å². The zero-order chi connectivity index (χ0) is 9.90. The molecule has 0 atom stereocenters. The van der Waals surface area contributed by atoms with Crippen molar-refractivity contribution in [3.8, 4) is 0 Å². The van der Waals surface area contributed by atoms with Crippen LogP contribution >= 0.6 is 0 Å². The largest absolute Gasteiger partial charge is 0.284 e. The van der Waals surface area contributed by atoms with Crippen molar-refractivity contribution < 1.29 is 13.3 Å². The molecular formula is C8H17NO3S. The van der Waals surface area contributed by atoms with Crippen LogP contribution in [-0.2, 0) is 14.9 Å². The van der Waals surface area contributed by atoms with Crippen molar-refractivity contribution >= 4 is 10.0 Å². The minimum absolute atomic E-state index is 0.115. The first-order valence-corrected chi connectivity index (χ1v) is 6.23. The maximum absolute atomic E-state index is 11.5. The molecule has 0 amide bonds. The van der Waals surface area contributed by atoms with Crippen molar-refractivity contribution in [2.24, 2.45) is 0 Å². The van der Waals surface area contributed by atoms with Crippen molar-refractivity contribution in [3.63, 3.8) is 0 Å². The second-order valence-corrected chi connectivity index (χ2v) is 5.62. The fraction of sp³-hybridized carbons (Fsp3) is 1.00. The molecule has 0 aromatic rings. The number of rotatable bonds is 4. The van der Waals surface area contributed by atoms with Gasteiger partial charge in [-0.05, 0) is 26.7 Å². The van der Waals surface area contributed by atoms with E-state index in [-0.39, 0.29) is 11.4 Å². The number of nitrogens with one attached hydrogen (secondary N) is 1. The van der Waals surface area contributed by atoms with Gasteiger partial charge in [-0.15, -0.1) is 0 Å². The molecule has 5 heteroatoms. The van der Waals surface area contributed by atoms with E-state index in [2.05, 4.69) is 4.89 Å². The quantitative estimate of drug-likeness (QED) is 0.704. The van der Waals surface area contributed by atoms with Gasteiger partial charge in [0.15, 0.2) is 0 Å². The summed E-state index contributed by atoms with van der Waals surface area (Å²) in [5.41, 5.74) is 0. The van der Waals surface area contributed by atoms with Gasteiger partial charge in [-0.3, -0.25) is 4.84 Å². The van der Waals surface area contributed by atoms with Crippen LogP contribution in [0.2, 0.25) is 0 Å². The molecule has 0 aromatic heterocycles. The first kappa shape index (κ1) is 10.9. The summed E-state index contributed by atoms with van der Waals surface area (Å²) in [5.74, 6) is 0. The fourth-order valence-corrected chi connectivity index (χ4v) is 2.85. The molecule has 1 N–H and O–H groups in total. The minimum Gasteiger partial charge on any atom is -0.284 e. The molecule has 0 radical (unpaired) electrons. The third kappa shape index (κ3) is 3.25. The molecule has 1 fully saturated rings. The molecule has 0 saturated heterocycles. The molecule has 1 rings (SSSR count). The highest BCUT2D eigenvalue weighted by molar-refractivity contribution is 7.90. The Hall–Kier alpha value is -0.130. The molecule has 0 bridgehead atoms. The summed E-state index contributed by atoms with van der Waals surface area (Å²) in [7, 11) is -3.23. The molecular weight excluding hydrogens is 190 g/mol. The van der Waals surface area contributed by atoms with Crippen LogP contribution in [0, 0.1) is 0 Å². The molecule has 1 aliphatic carbocycles. The molecule has 0 spiro atoms. The standard InChI is InChI=1S/C8H17NO3S/c1-7(2)12-9-13(10,11)8-5-3-4-6-8/h7-9H,3-6H2,1-2H3. The minimum atomic E-state index is -3.23. The van der Waals surface area contributed by atoms with E-state index >= 15 is 0 Å². The maximum atomic E-state index is 11.5. The average Bonchev–Trinajstić information content (AvgIpc) is 2.53. The van der Waals surface area contributed by atoms with Crippen LogP contribution in [0.25, 0.3) is 0 Å². The lowest BCUT2D eigenvalue weighted by atomic mass is 10.4. The van der Waals surface area contributed by atoms with Crippen LogP contribution in [0.3, 0.4) is 0 Å². The third-order valence-electron chi connectivity index (χ3n) is 2.14. The van der Waals surface area contributed by atoms with Crippen molar-refractivity contribution in [1.82, 2.24) is 4.89 Å². The summed E-state index contributed by atoms with van der Waals surface area (Å²) >= 11 is 0. The van der Waals surface area contributed by atoms with Gasteiger partial charge in [-0.25, -0.2) is 8.42 Å². The Bertz CT molecular complexity index is 242. The Morgan fingerprint density at radius 1 is 1.31 bits per heavy atom. The topological polar surface area (TPSA) is 55.4 Å². The van der Waals surface area contributed by atoms with Crippen molar-refractivity contribution in [2.75, 3.05) is 0 Å². The molecule has 1 aliphatic rings. The summed E-state index contributed by atoms with van der Waals surface area (Å²) in [6, 6.07) is 0. The molecule has 4 nitrogen and oxygen atoms in total. The molecule has 1 saturated carbocycles. The third-order valence-corrected chi connectivity index (χ3v) is 3.82. The van der Waals surface area contributed by atoms with Crippen LogP contribution in [0.5, 0.6) is 0 Å². The monoisotopic (exact) mass is 207 g/mol. The fourth-order valence-electron chi connectivity index (χ4n) is 1.43. The van der Waals surface area contributed by atoms with Crippen LogP contribution in [0.1, 0.15) is 39.5 Å². The van der Waals surface area contributed by atoms with Gasteiger partial charge in [0, 0.05) is 0 Å². The zero-order valence-electron chi connectivity index (χ0n) is 8.12. The lowest BCUT2D eigenvalue weighted by molar-refractivity contribution is 0.0403. The van der Waals surface area contributed by atoms with E-state index in [1.807, 2.05) is 0 Å². The average molecular weight is 207 g/mol. The van der Waals surface area contributed by atoms with E-state index in [9.17, 15) is 8.42 Å². The Morgan fingerprint density at radius 2 is 1.85 bits per heavy atom. The second kappa shape index (κ2) is 4.39. The van der Waals surface area contributed by atoms with E-state index in [0.717, 1.165) is 25.7 Å². The summed E-state index contributed by atoms with van der Waals surface area (Å²) in [5, 5.41) is -0.244. The number of sulfonamides is 1. The summed E-state index contributed by atoms with van der Waals surface area (Å²) < 4.78 is 23.0. The molecule has 0 aliphatic heterocycles. The van der Waals surface area contributed by atoms with Crippen molar-refractivity contribution in [2.45, 2.75) is 50.9 Å². The highest BCUT2D eigenvalue weighted by Crippen LogP contribution is 2.23. The van der Waals surface area contributed by atoms with Gasteiger partial charge in [0.2, 0.25) is 10.0 Å². The number of hydrogen-bond donors (Lipinski definition) is 1. The van der Waals surface area contributed by atoms with Gasteiger partial charge in [-0.1, -0.05) is 17.7 Å². The smallest absolute Gasteiger partial charge is 0.236 e. The van der Waals surface area contributed by atoms with Crippen molar-refractivity contribution in [3.05, 3.63) is 0 Å². The highest BCUT2D eigenvalue weighted by atomic mass is 32.2. The van der Waals surface area contributed by atoms with Gasteiger partial charge in [0.25, 0.3) is 0 Å². The first-order valence-electron chi connectivity index (χ1n) is 4.68. The van der Waals surface area contributed by atoms with Crippen LogP contribution in [-0.4, -0.2) is 19.8 Å². The van der Waals surface area contributed by atoms with Gasteiger partial charge >= 0.3 is 0 Å². The van der Waals surface area contributed by atoms with Crippen molar-refractivity contribution in [1.29, 1.82) is 0 Å².